The number of aromatic nitrogens is 5. The fourth-order valence-corrected chi connectivity index (χ4v) is 6.58. The van der Waals surface area contributed by atoms with Gasteiger partial charge in [-0.2, -0.15) is 0 Å². The standard InChI is InChI=1S/C31H36N8O/c1-30(9-4-5-10-30)20-33-18-22-13-26(28-34-11-12-39(28)19-22)29(40)36-24-8-6-7-23(14-24)31(15-25(16-31)32-2)17-27-37-35-21-38(27)3/h6-8,11-14,19,21,25,33H,4-5,9-10,15-18,20H2,1,3H3,(H,36,40). The Morgan fingerprint density at radius 2 is 2.05 bits per heavy atom. The third kappa shape index (κ3) is 5.11. The maximum absolute atomic E-state index is 13.6. The molecule has 3 heterocycles. The minimum absolute atomic E-state index is 0.00723. The van der Waals surface area contributed by atoms with Crippen LogP contribution in [0.3, 0.4) is 0 Å². The van der Waals surface area contributed by atoms with Crippen LogP contribution in [0.2, 0.25) is 0 Å². The van der Waals surface area contributed by atoms with Crippen molar-refractivity contribution >= 4 is 17.2 Å². The molecular formula is C31H36N8O. The topological polar surface area (TPSA) is 93.5 Å². The van der Waals surface area contributed by atoms with Gasteiger partial charge < -0.3 is 24.4 Å². The Kier molecular flexibility index (Phi) is 6.88. The highest BCUT2D eigenvalue weighted by Gasteiger charge is 2.50. The molecular weight excluding hydrogens is 500 g/mol. The van der Waals surface area contributed by atoms with Crippen molar-refractivity contribution in [1.82, 2.24) is 29.5 Å². The van der Waals surface area contributed by atoms with Gasteiger partial charge in [0.25, 0.3) is 5.91 Å². The first-order valence-corrected chi connectivity index (χ1v) is 14.1. The predicted octanol–water partition coefficient (Wildman–Crippen LogP) is 4.95. The quantitative estimate of drug-likeness (QED) is 0.295. The molecule has 2 saturated carbocycles. The van der Waals surface area contributed by atoms with Crippen molar-refractivity contribution in [3.05, 3.63) is 89.2 Å². The molecule has 9 heteroatoms. The van der Waals surface area contributed by atoms with E-state index in [1.807, 2.05) is 52.7 Å². The van der Waals surface area contributed by atoms with E-state index in [1.54, 1.807) is 12.5 Å². The summed E-state index contributed by atoms with van der Waals surface area (Å²) in [6.07, 6.45) is 14.8. The molecule has 0 atom stereocenters. The number of anilines is 1. The molecule has 0 saturated heterocycles. The Balaban J connectivity index is 1.21. The largest absolute Gasteiger partial charge is 0.322 e. The number of imidazole rings is 1. The molecule has 0 unspecified atom stereocenters. The second kappa shape index (κ2) is 10.5. The summed E-state index contributed by atoms with van der Waals surface area (Å²) in [6, 6.07) is 9.99. The van der Waals surface area contributed by atoms with E-state index < -0.39 is 0 Å². The fraction of sp³-hybridized carbons (Fsp3) is 0.452. The van der Waals surface area contributed by atoms with Gasteiger partial charge in [-0.3, -0.25) is 4.79 Å². The van der Waals surface area contributed by atoms with Crippen LogP contribution in [0, 0.1) is 12.0 Å². The van der Waals surface area contributed by atoms with Crippen molar-refractivity contribution in [3.63, 3.8) is 0 Å². The molecule has 2 aliphatic carbocycles. The normalized spacial score (nSPS) is 21.7. The number of fused-ring (bicyclic) bond motifs is 1. The highest BCUT2D eigenvalue weighted by Crippen LogP contribution is 2.48. The molecule has 9 nitrogen and oxygen atoms in total. The molecule has 2 aliphatic rings. The zero-order chi connectivity index (χ0) is 27.7. The summed E-state index contributed by atoms with van der Waals surface area (Å²) in [7, 11) is 1.94. The maximum atomic E-state index is 13.6. The fourth-order valence-electron chi connectivity index (χ4n) is 6.58. The molecule has 6 rings (SSSR count). The molecule has 2 fully saturated rings. The lowest BCUT2D eigenvalue weighted by Crippen LogP contribution is -2.45. The first kappa shape index (κ1) is 26.2. The van der Waals surface area contributed by atoms with Crippen LogP contribution in [0.15, 0.2) is 55.2 Å². The highest BCUT2D eigenvalue weighted by atomic mass is 16.1. The van der Waals surface area contributed by atoms with Gasteiger partial charge in [-0.25, -0.2) is 11.6 Å². The number of rotatable bonds is 9. The lowest BCUT2D eigenvalue weighted by Gasteiger charge is -2.42. The minimum Gasteiger partial charge on any atom is -0.322 e. The number of hydrogen-bond donors (Lipinski definition) is 2. The van der Waals surface area contributed by atoms with Crippen molar-refractivity contribution in [1.29, 1.82) is 0 Å². The van der Waals surface area contributed by atoms with Gasteiger partial charge in [-0.05, 0) is 47.6 Å². The van der Waals surface area contributed by atoms with Crippen molar-refractivity contribution in [2.24, 2.45) is 12.5 Å². The van der Waals surface area contributed by atoms with E-state index in [0.29, 0.717) is 29.6 Å². The first-order valence-electron chi connectivity index (χ1n) is 14.1. The van der Waals surface area contributed by atoms with E-state index in [1.165, 1.54) is 25.7 Å². The molecule has 3 aromatic heterocycles. The molecule has 206 valence electrons. The Morgan fingerprint density at radius 1 is 1.23 bits per heavy atom. The molecule has 0 spiro atoms. The SMILES string of the molecule is [C-]#[N+]C1CC(Cc2nncn2C)(c2cccc(NC(=O)c3cc(CNCC4(C)CCCC4)cn4ccnc34)c2)C1. The van der Waals surface area contributed by atoms with Crippen LogP contribution in [-0.2, 0) is 25.4 Å². The first-order chi connectivity index (χ1) is 19.4. The van der Waals surface area contributed by atoms with Gasteiger partial charge in [0.1, 0.15) is 17.8 Å². The zero-order valence-corrected chi connectivity index (χ0v) is 23.2. The third-order valence-corrected chi connectivity index (χ3v) is 8.95. The van der Waals surface area contributed by atoms with E-state index in [2.05, 4.69) is 43.7 Å². The summed E-state index contributed by atoms with van der Waals surface area (Å²) in [6.45, 7) is 11.6. The van der Waals surface area contributed by atoms with Crippen molar-refractivity contribution in [2.75, 3.05) is 11.9 Å². The van der Waals surface area contributed by atoms with E-state index >= 15 is 0 Å². The van der Waals surface area contributed by atoms with E-state index in [0.717, 1.165) is 42.0 Å². The van der Waals surface area contributed by atoms with Crippen LogP contribution in [0.4, 0.5) is 5.69 Å². The number of nitrogens with one attached hydrogen (secondary N) is 2. The third-order valence-electron chi connectivity index (χ3n) is 8.95. The highest BCUT2D eigenvalue weighted by molar-refractivity contribution is 6.08. The average molecular weight is 537 g/mol. The number of carbonyl (C=O) groups excluding carboxylic acids is 1. The molecule has 0 aliphatic heterocycles. The summed E-state index contributed by atoms with van der Waals surface area (Å²) in [5.74, 6) is 0.708. The molecule has 40 heavy (non-hydrogen) atoms. The molecule has 0 bridgehead atoms. The summed E-state index contributed by atoms with van der Waals surface area (Å²) in [4.78, 5) is 21.9. The molecule has 0 radical (unpaired) electrons. The summed E-state index contributed by atoms with van der Waals surface area (Å²) < 4.78 is 3.86. The van der Waals surface area contributed by atoms with Gasteiger partial charge in [0, 0.05) is 69.1 Å². The van der Waals surface area contributed by atoms with E-state index in [-0.39, 0.29) is 17.4 Å². The summed E-state index contributed by atoms with van der Waals surface area (Å²) in [5, 5.41) is 15.1. The van der Waals surface area contributed by atoms with Crippen LogP contribution in [0.1, 0.15) is 72.8 Å². The summed E-state index contributed by atoms with van der Waals surface area (Å²) in [5.41, 5.74) is 4.24. The van der Waals surface area contributed by atoms with Gasteiger partial charge in [0.2, 0.25) is 6.04 Å². The maximum Gasteiger partial charge on any atom is 0.259 e. The molecule has 4 aromatic rings. The van der Waals surface area contributed by atoms with Crippen molar-refractivity contribution in [2.45, 2.75) is 69.9 Å². The monoisotopic (exact) mass is 536 g/mol. The summed E-state index contributed by atoms with van der Waals surface area (Å²) >= 11 is 0. The molecule has 1 aromatic carbocycles. The Morgan fingerprint density at radius 3 is 2.80 bits per heavy atom. The van der Waals surface area contributed by atoms with Crippen LogP contribution in [-0.4, -0.2) is 42.6 Å². The van der Waals surface area contributed by atoms with E-state index in [4.69, 9.17) is 6.57 Å². The van der Waals surface area contributed by atoms with Gasteiger partial charge >= 0.3 is 0 Å². The van der Waals surface area contributed by atoms with Gasteiger partial charge in [-0.1, -0.05) is 31.9 Å². The lowest BCUT2D eigenvalue weighted by atomic mass is 9.60. The Hall–Kier alpha value is -4.03. The number of pyridine rings is 1. The average Bonchev–Trinajstić information content (AvgIpc) is 3.67. The van der Waals surface area contributed by atoms with Crippen LogP contribution >= 0.6 is 0 Å². The van der Waals surface area contributed by atoms with Gasteiger partial charge in [0.15, 0.2) is 0 Å². The number of amides is 1. The Bertz CT molecular complexity index is 1570. The second-order valence-corrected chi connectivity index (χ2v) is 12.1. The van der Waals surface area contributed by atoms with Gasteiger partial charge in [-0.15, -0.1) is 10.2 Å². The van der Waals surface area contributed by atoms with E-state index in [9.17, 15) is 4.79 Å². The van der Waals surface area contributed by atoms with Crippen LogP contribution < -0.4 is 10.6 Å². The number of nitrogens with zero attached hydrogens (tertiary/aromatic N) is 6. The van der Waals surface area contributed by atoms with Crippen molar-refractivity contribution in [3.8, 4) is 0 Å². The molecule has 1 amide bonds. The lowest BCUT2D eigenvalue weighted by molar-refractivity contribution is 0.102. The number of aryl methyl sites for hydroxylation is 1. The Labute approximate surface area is 234 Å². The number of carbonyl (C=O) groups is 1. The van der Waals surface area contributed by atoms with Gasteiger partial charge in [0.05, 0.1) is 5.56 Å². The predicted molar refractivity (Wildman–Crippen MR) is 154 cm³/mol. The van der Waals surface area contributed by atoms with Crippen molar-refractivity contribution < 1.29 is 4.79 Å². The minimum atomic E-state index is -0.200. The zero-order valence-electron chi connectivity index (χ0n) is 23.2. The second-order valence-electron chi connectivity index (χ2n) is 12.1. The number of benzene rings is 1. The van der Waals surface area contributed by atoms with Crippen LogP contribution in [0.25, 0.3) is 10.5 Å². The molecule has 2 N–H and O–H groups in total. The smallest absolute Gasteiger partial charge is 0.259 e. The number of hydrogen-bond acceptors (Lipinski definition) is 5. The van der Waals surface area contributed by atoms with Crippen LogP contribution in [0.5, 0.6) is 0 Å².